The maximum absolute atomic E-state index is 13.5. The van der Waals surface area contributed by atoms with Crippen molar-refractivity contribution in [3.8, 4) is 0 Å². The topological polar surface area (TPSA) is 21.3 Å². The van der Waals surface area contributed by atoms with Crippen molar-refractivity contribution in [3.05, 3.63) is 68.7 Å². The second-order valence-electron chi connectivity index (χ2n) is 8.12. The lowest BCUT2D eigenvalue weighted by Crippen LogP contribution is -2.40. The summed E-state index contributed by atoms with van der Waals surface area (Å²) in [6.07, 6.45) is -0.207. The predicted octanol–water partition coefficient (Wildman–Crippen LogP) is 7.40. The molecule has 0 amide bonds. The quantitative estimate of drug-likeness (QED) is 0.378. The van der Waals surface area contributed by atoms with Gasteiger partial charge in [0.15, 0.2) is 8.32 Å². The van der Waals surface area contributed by atoms with Crippen LogP contribution in [0.2, 0.25) is 23.2 Å². The summed E-state index contributed by atoms with van der Waals surface area (Å²) in [7, 11) is -1.91. The highest BCUT2D eigenvalue weighted by Gasteiger charge is 2.34. The van der Waals surface area contributed by atoms with Crippen molar-refractivity contribution in [1.29, 1.82) is 0 Å². The van der Waals surface area contributed by atoms with Crippen molar-refractivity contribution >= 4 is 19.9 Å². The van der Waals surface area contributed by atoms with E-state index in [1.807, 2.05) is 6.92 Å². The van der Waals surface area contributed by atoms with E-state index in [9.17, 15) is 8.78 Å². The first-order chi connectivity index (χ1) is 14.2. The molecule has 0 aliphatic heterocycles. The van der Waals surface area contributed by atoms with Crippen LogP contribution in [0, 0.1) is 32.4 Å². The molecule has 2 nitrogen and oxygen atoms in total. The highest BCUT2D eigenvalue weighted by Crippen LogP contribution is 2.37. The molecule has 1 unspecified atom stereocenters. The Morgan fingerprint density at radius 1 is 0.933 bits per heavy atom. The minimum absolute atomic E-state index is 0.207. The van der Waals surface area contributed by atoms with Gasteiger partial charge in [-0.25, -0.2) is 8.78 Å². The van der Waals surface area contributed by atoms with E-state index in [-0.39, 0.29) is 6.10 Å². The summed E-state index contributed by atoms with van der Waals surface area (Å²) < 4.78 is 33.9. The maximum Gasteiger partial charge on any atom is 0.192 e. The summed E-state index contributed by atoms with van der Waals surface area (Å²) in [6, 6.07) is 8.85. The van der Waals surface area contributed by atoms with E-state index < -0.39 is 20.0 Å². The van der Waals surface area contributed by atoms with Gasteiger partial charge in [0.05, 0.1) is 6.10 Å². The molecule has 166 valence electrons. The third-order valence-corrected chi connectivity index (χ3v) is 11.4. The first-order valence-corrected chi connectivity index (χ1v) is 13.7. The van der Waals surface area contributed by atoms with Crippen molar-refractivity contribution in [2.45, 2.75) is 72.3 Å². The Labute approximate surface area is 186 Å². The van der Waals surface area contributed by atoms with Gasteiger partial charge in [0, 0.05) is 29.7 Å². The zero-order valence-electron chi connectivity index (χ0n) is 19.0. The number of halogens is 3. The molecule has 0 fully saturated rings. The lowest BCUT2D eigenvalue weighted by molar-refractivity contribution is 0.185. The number of nitrogens with one attached hydrogen (secondary N) is 1. The van der Waals surface area contributed by atoms with Crippen LogP contribution in [0.1, 0.15) is 54.7 Å². The number of rotatable bonds is 10. The Bertz CT molecular complexity index is 842. The van der Waals surface area contributed by atoms with E-state index in [1.54, 1.807) is 0 Å². The number of hydrogen-bond acceptors (Lipinski definition) is 2. The van der Waals surface area contributed by atoms with Gasteiger partial charge in [-0.15, -0.1) is 0 Å². The van der Waals surface area contributed by atoms with E-state index in [0.29, 0.717) is 18.7 Å². The fraction of sp³-hybridized carbons (Fsp3) is 0.500. The number of benzene rings is 2. The fourth-order valence-electron chi connectivity index (χ4n) is 4.02. The molecule has 6 heteroatoms. The molecule has 2 rings (SSSR count). The molecule has 0 aliphatic rings. The van der Waals surface area contributed by atoms with E-state index >= 15 is 0 Å². The van der Waals surface area contributed by atoms with Crippen LogP contribution in [0.25, 0.3) is 0 Å². The normalized spacial score (nSPS) is 13.0. The molecule has 2 aromatic carbocycles. The van der Waals surface area contributed by atoms with Crippen LogP contribution < -0.4 is 5.32 Å². The van der Waals surface area contributed by atoms with E-state index in [4.69, 9.17) is 16.0 Å². The van der Waals surface area contributed by atoms with Gasteiger partial charge in [0.25, 0.3) is 0 Å². The summed E-state index contributed by atoms with van der Waals surface area (Å²) in [4.78, 5) is 0. The molecule has 0 aromatic heterocycles. The minimum Gasteiger partial charge on any atom is -0.409 e. The van der Waals surface area contributed by atoms with Crippen molar-refractivity contribution in [2.75, 3.05) is 6.54 Å². The highest BCUT2D eigenvalue weighted by molar-refractivity contribution is 6.73. The molecule has 1 atom stereocenters. The van der Waals surface area contributed by atoms with Gasteiger partial charge < -0.3 is 9.74 Å². The monoisotopic (exact) mass is 453 g/mol. The molecule has 0 aliphatic carbocycles. The SMILES string of the molecule is CC[Si](CC)(CC)OC(CNCc1cc(F)cc(F)c1)c1c(C)cc(C)c(C)c1Cl. The molecular weight excluding hydrogens is 420 g/mol. The predicted molar refractivity (Wildman–Crippen MR) is 125 cm³/mol. The Morgan fingerprint density at radius 2 is 1.50 bits per heavy atom. The van der Waals surface area contributed by atoms with Gasteiger partial charge >= 0.3 is 0 Å². The number of hydrogen-bond donors (Lipinski definition) is 1. The zero-order valence-corrected chi connectivity index (χ0v) is 20.7. The Morgan fingerprint density at radius 3 is 2.03 bits per heavy atom. The van der Waals surface area contributed by atoms with E-state index in [1.165, 1.54) is 12.1 Å². The van der Waals surface area contributed by atoms with E-state index in [0.717, 1.165) is 51.5 Å². The van der Waals surface area contributed by atoms with Gasteiger partial charge in [-0.05, 0) is 73.3 Å². The van der Waals surface area contributed by atoms with Gasteiger partial charge in [-0.3, -0.25) is 0 Å². The Balaban J connectivity index is 2.33. The molecule has 0 heterocycles. The average Bonchev–Trinajstić information content (AvgIpc) is 2.69. The number of aryl methyl sites for hydroxylation is 2. The fourth-order valence-corrected chi connectivity index (χ4v) is 7.24. The van der Waals surface area contributed by atoms with Crippen LogP contribution in [0.5, 0.6) is 0 Å². The molecule has 0 spiro atoms. The third kappa shape index (κ3) is 5.91. The maximum atomic E-state index is 13.5. The zero-order chi connectivity index (χ0) is 22.5. The first kappa shape index (κ1) is 25.0. The smallest absolute Gasteiger partial charge is 0.192 e. The van der Waals surface area contributed by atoms with Crippen LogP contribution in [-0.2, 0) is 11.0 Å². The summed E-state index contributed by atoms with van der Waals surface area (Å²) >= 11 is 6.80. The standard InChI is InChI=1S/C24H34ClF2NOSi/c1-7-30(8-2,9-3)29-22(23-17(5)10-16(4)18(6)24(23)25)15-28-14-19-11-20(26)13-21(27)12-19/h10-13,22,28H,7-9,14-15H2,1-6H3. The van der Waals surface area contributed by atoms with Crippen molar-refractivity contribution in [2.24, 2.45) is 0 Å². The Kier molecular flexibility index (Phi) is 9.04. The van der Waals surface area contributed by atoms with Crippen LogP contribution in [0.15, 0.2) is 24.3 Å². The van der Waals surface area contributed by atoms with Gasteiger partial charge in [0.2, 0.25) is 0 Å². The molecule has 0 radical (unpaired) electrons. The van der Waals surface area contributed by atoms with Gasteiger partial charge in [-0.2, -0.15) is 0 Å². The van der Waals surface area contributed by atoms with E-state index in [2.05, 4.69) is 46.0 Å². The first-order valence-electron chi connectivity index (χ1n) is 10.8. The van der Waals surface area contributed by atoms with Crippen LogP contribution in [-0.4, -0.2) is 14.9 Å². The summed E-state index contributed by atoms with van der Waals surface area (Å²) in [5.74, 6) is -1.14. The molecule has 0 saturated heterocycles. The summed E-state index contributed by atoms with van der Waals surface area (Å²) in [5, 5.41) is 4.10. The highest BCUT2D eigenvalue weighted by atomic mass is 35.5. The van der Waals surface area contributed by atoms with Crippen LogP contribution >= 0.6 is 11.6 Å². The lowest BCUT2D eigenvalue weighted by atomic mass is 9.97. The Hall–Kier alpha value is -1.27. The third-order valence-electron chi connectivity index (χ3n) is 6.24. The largest absolute Gasteiger partial charge is 0.409 e. The molecule has 0 bridgehead atoms. The van der Waals surface area contributed by atoms with Crippen molar-refractivity contribution < 1.29 is 13.2 Å². The molecule has 0 saturated carbocycles. The van der Waals surface area contributed by atoms with Crippen LogP contribution in [0.3, 0.4) is 0 Å². The van der Waals surface area contributed by atoms with Crippen molar-refractivity contribution in [3.63, 3.8) is 0 Å². The summed E-state index contributed by atoms with van der Waals surface area (Å²) in [5.41, 5.74) is 4.92. The lowest BCUT2D eigenvalue weighted by Gasteiger charge is -2.35. The molecule has 30 heavy (non-hydrogen) atoms. The summed E-state index contributed by atoms with van der Waals surface area (Å²) in [6.45, 7) is 13.7. The van der Waals surface area contributed by atoms with Gasteiger partial charge in [-0.1, -0.05) is 38.4 Å². The van der Waals surface area contributed by atoms with Crippen molar-refractivity contribution in [1.82, 2.24) is 5.32 Å². The second kappa shape index (κ2) is 10.8. The average molecular weight is 454 g/mol. The molecular formula is C24H34ClF2NOSi. The second-order valence-corrected chi connectivity index (χ2v) is 13.2. The molecule has 2 aromatic rings. The van der Waals surface area contributed by atoms with Gasteiger partial charge in [0.1, 0.15) is 11.6 Å². The van der Waals surface area contributed by atoms with Crippen LogP contribution in [0.4, 0.5) is 8.78 Å². The molecule has 1 N–H and O–H groups in total. The minimum atomic E-state index is -1.91.